The van der Waals surface area contributed by atoms with Crippen LogP contribution in [0.3, 0.4) is 0 Å². The van der Waals surface area contributed by atoms with Crippen LogP contribution in [-0.4, -0.2) is 18.0 Å². The van der Waals surface area contributed by atoms with Crippen LogP contribution in [0.25, 0.3) is 0 Å². The van der Waals surface area contributed by atoms with Gasteiger partial charge in [-0.3, -0.25) is 4.90 Å². The SMILES string of the molecule is CCCN(CCCC(C)(C)C#N)Cc1cccc(N)c1. The van der Waals surface area contributed by atoms with Crippen LogP contribution in [0.2, 0.25) is 0 Å². The molecule has 0 amide bonds. The zero-order valence-electron chi connectivity index (χ0n) is 13.0. The highest BCUT2D eigenvalue weighted by Gasteiger charge is 2.16. The molecule has 3 heteroatoms. The molecule has 1 aromatic rings. The molecule has 1 aromatic carbocycles. The van der Waals surface area contributed by atoms with Gasteiger partial charge in [0.2, 0.25) is 0 Å². The van der Waals surface area contributed by atoms with E-state index in [9.17, 15) is 0 Å². The third kappa shape index (κ3) is 6.08. The Hall–Kier alpha value is -1.53. The Morgan fingerprint density at radius 3 is 2.65 bits per heavy atom. The second-order valence-electron chi connectivity index (χ2n) is 6.12. The van der Waals surface area contributed by atoms with E-state index < -0.39 is 0 Å². The molecule has 0 saturated heterocycles. The van der Waals surface area contributed by atoms with Crippen molar-refractivity contribution in [2.24, 2.45) is 5.41 Å². The quantitative estimate of drug-likeness (QED) is 0.733. The normalized spacial score (nSPS) is 11.6. The van der Waals surface area contributed by atoms with Crippen molar-refractivity contribution in [3.8, 4) is 6.07 Å². The molecule has 1 rings (SSSR count). The fourth-order valence-electron chi connectivity index (χ4n) is 2.34. The molecule has 0 unspecified atom stereocenters. The Labute approximate surface area is 123 Å². The van der Waals surface area contributed by atoms with Gasteiger partial charge in [-0.1, -0.05) is 19.1 Å². The number of nitrogen functional groups attached to an aromatic ring is 1. The molecule has 0 aliphatic rings. The highest BCUT2D eigenvalue weighted by atomic mass is 15.1. The number of benzene rings is 1. The minimum Gasteiger partial charge on any atom is -0.399 e. The number of hydrogen-bond acceptors (Lipinski definition) is 3. The maximum atomic E-state index is 9.05. The number of nitrogens with two attached hydrogens (primary N) is 1. The lowest BCUT2D eigenvalue weighted by Gasteiger charge is -2.23. The van der Waals surface area contributed by atoms with E-state index in [0.717, 1.165) is 44.6 Å². The van der Waals surface area contributed by atoms with Crippen molar-refractivity contribution in [1.29, 1.82) is 5.26 Å². The molecule has 0 aromatic heterocycles. The van der Waals surface area contributed by atoms with E-state index in [4.69, 9.17) is 11.0 Å². The molecule has 0 heterocycles. The topological polar surface area (TPSA) is 53.0 Å². The zero-order valence-corrected chi connectivity index (χ0v) is 13.0. The van der Waals surface area contributed by atoms with Gasteiger partial charge in [0.15, 0.2) is 0 Å². The molecule has 0 atom stereocenters. The van der Waals surface area contributed by atoms with E-state index in [2.05, 4.69) is 24.0 Å². The Bertz CT molecular complexity index is 446. The van der Waals surface area contributed by atoms with Crippen molar-refractivity contribution in [3.63, 3.8) is 0 Å². The van der Waals surface area contributed by atoms with Gasteiger partial charge in [0.05, 0.1) is 11.5 Å². The van der Waals surface area contributed by atoms with Crippen LogP contribution in [0.15, 0.2) is 24.3 Å². The summed E-state index contributed by atoms with van der Waals surface area (Å²) in [5.41, 5.74) is 7.70. The molecule has 0 saturated carbocycles. The summed E-state index contributed by atoms with van der Waals surface area (Å²) in [6.07, 6.45) is 3.15. The van der Waals surface area contributed by atoms with Crippen LogP contribution < -0.4 is 5.73 Å². The van der Waals surface area contributed by atoms with E-state index in [-0.39, 0.29) is 5.41 Å². The van der Waals surface area contributed by atoms with E-state index >= 15 is 0 Å². The zero-order chi connectivity index (χ0) is 15.0. The Balaban J connectivity index is 2.50. The lowest BCUT2D eigenvalue weighted by Crippen LogP contribution is -2.26. The summed E-state index contributed by atoms with van der Waals surface area (Å²) in [6.45, 7) is 9.27. The molecular formula is C17H27N3. The first kappa shape index (κ1) is 16.5. The minimum atomic E-state index is -0.213. The molecule has 110 valence electrons. The highest BCUT2D eigenvalue weighted by molar-refractivity contribution is 5.40. The lowest BCUT2D eigenvalue weighted by atomic mass is 9.90. The van der Waals surface area contributed by atoms with Crippen LogP contribution in [0.4, 0.5) is 5.69 Å². The second kappa shape index (κ2) is 7.91. The summed E-state index contributed by atoms with van der Waals surface area (Å²) in [5, 5.41) is 9.05. The predicted molar refractivity (Wildman–Crippen MR) is 85.1 cm³/mol. The smallest absolute Gasteiger partial charge is 0.0683 e. The molecule has 0 bridgehead atoms. The van der Waals surface area contributed by atoms with Gasteiger partial charge in [-0.15, -0.1) is 0 Å². The highest BCUT2D eigenvalue weighted by Crippen LogP contribution is 2.21. The van der Waals surface area contributed by atoms with Crippen molar-refractivity contribution in [1.82, 2.24) is 4.90 Å². The Morgan fingerprint density at radius 1 is 1.30 bits per heavy atom. The fraction of sp³-hybridized carbons (Fsp3) is 0.588. The summed E-state index contributed by atoms with van der Waals surface area (Å²) < 4.78 is 0. The largest absolute Gasteiger partial charge is 0.399 e. The number of nitriles is 1. The number of anilines is 1. The van der Waals surface area contributed by atoms with Gasteiger partial charge in [-0.25, -0.2) is 0 Å². The third-order valence-electron chi connectivity index (χ3n) is 3.48. The van der Waals surface area contributed by atoms with Crippen molar-refractivity contribution in [2.45, 2.75) is 46.6 Å². The standard InChI is InChI=1S/C17H27N3/c1-4-10-20(11-6-9-17(2,3)14-18)13-15-7-5-8-16(19)12-15/h5,7-8,12H,4,6,9-11,13,19H2,1-3H3. The molecule has 2 N–H and O–H groups in total. The first-order chi connectivity index (χ1) is 9.46. The summed E-state index contributed by atoms with van der Waals surface area (Å²) in [7, 11) is 0. The van der Waals surface area contributed by atoms with E-state index in [0.29, 0.717) is 0 Å². The molecule has 0 aliphatic carbocycles. The number of nitrogens with zero attached hydrogens (tertiary/aromatic N) is 2. The van der Waals surface area contributed by atoms with Crippen LogP contribution in [-0.2, 0) is 6.54 Å². The average Bonchev–Trinajstić information content (AvgIpc) is 2.39. The summed E-state index contributed by atoms with van der Waals surface area (Å²) in [4.78, 5) is 2.45. The fourth-order valence-corrected chi connectivity index (χ4v) is 2.34. The number of hydrogen-bond donors (Lipinski definition) is 1. The summed E-state index contributed by atoms with van der Waals surface area (Å²) in [6, 6.07) is 10.5. The molecule has 0 aliphatic heterocycles. The molecule has 3 nitrogen and oxygen atoms in total. The molecule has 20 heavy (non-hydrogen) atoms. The Morgan fingerprint density at radius 2 is 2.05 bits per heavy atom. The maximum absolute atomic E-state index is 9.05. The van der Waals surface area contributed by atoms with Crippen LogP contribution in [0, 0.1) is 16.7 Å². The van der Waals surface area contributed by atoms with Gasteiger partial charge in [-0.2, -0.15) is 5.26 Å². The van der Waals surface area contributed by atoms with Crippen LogP contribution in [0.5, 0.6) is 0 Å². The lowest BCUT2D eigenvalue weighted by molar-refractivity contribution is 0.248. The monoisotopic (exact) mass is 273 g/mol. The molecule has 0 spiro atoms. The van der Waals surface area contributed by atoms with E-state index in [1.165, 1.54) is 5.56 Å². The summed E-state index contributed by atoms with van der Waals surface area (Å²) >= 11 is 0. The van der Waals surface area contributed by atoms with E-state index in [1.807, 2.05) is 32.0 Å². The van der Waals surface area contributed by atoms with Crippen molar-refractivity contribution < 1.29 is 0 Å². The predicted octanol–water partition coefficient (Wildman–Crippen LogP) is 3.81. The van der Waals surface area contributed by atoms with E-state index in [1.54, 1.807) is 0 Å². The Kier molecular flexibility index (Phi) is 6.54. The van der Waals surface area contributed by atoms with Gasteiger partial charge < -0.3 is 5.73 Å². The van der Waals surface area contributed by atoms with Gasteiger partial charge in [-0.05, 0) is 63.9 Å². The average molecular weight is 273 g/mol. The second-order valence-corrected chi connectivity index (χ2v) is 6.12. The number of rotatable bonds is 8. The molecule has 0 fully saturated rings. The van der Waals surface area contributed by atoms with Gasteiger partial charge in [0.25, 0.3) is 0 Å². The van der Waals surface area contributed by atoms with Crippen LogP contribution in [0.1, 0.15) is 45.6 Å². The van der Waals surface area contributed by atoms with Crippen molar-refractivity contribution in [3.05, 3.63) is 29.8 Å². The first-order valence-electron chi connectivity index (χ1n) is 7.45. The van der Waals surface area contributed by atoms with Gasteiger partial charge >= 0.3 is 0 Å². The van der Waals surface area contributed by atoms with Crippen molar-refractivity contribution in [2.75, 3.05) is 18.8 Å². The van der Waals surface area contributed by atoms with Gasteiger partial charge in [0.1, 0.15) is 0 Å². The minimum absolute atomic E-state index is 0.213. The third-order valence-corrected chi connectivity index (χ3v) is 3.48. The van der Waals surface area contributed by atoms with Crippen molar-refractivity contribution >= 4 is 5.69 Å². The summed E-state index contributed by atoms with van der Waals surface area (Å²) in [5.74, 6) is 0. The molecular weight excluding hydrogens is 246 g/mol. The maximum Gasteiger partial charge on any atom is 0.0683 e. The molecule has 0 radical (unpaired) electrons. The van der Waals surface area contributed by atoms with Gasteiger partial charge in [0, 0.05) is 12.2 Å². The van der Waals surface area contributed by atoms with Crippen LogP contribution >= 0.6 is 0 Å². The first-order valence-corrected chi connectivity index (χ1v) is 7.45.